The van der Waals surface area contributed by atoms with Crippen LogP contribution < -0.4 is 15.2 Å². The van der Waals surface area contributed by atoms with Crippen molar-refractivity contribution in [3.63, 3.8) is 0 Å². The number of hydrogen-bond donors (Lipinski definition) is 1. The maximum Gasteiger partial charge on any atom is 0.133 e. The summed E-state index contributed by atoms with van der Waals surface area (Å²) in [4.78, 5) is 0. The molecule has 15 heavy (non-hydrogen) atoms. The van der Waals surface area contributed by atoms with Gasteiger partial charge < -0.3 is 15.2 Å². The summed E-state index contributed by atoms with van der Waals surface area (Å²) in [5.74, 6) is 1.63. The summed E-state index contributed by atoms with van der Waals surface area (Å²) < 4.78 is 11.4. The summed E-state index contributed by atoms with van der Waals surface area (Å²) >= 11 is 3.41. The third-order valence-electron chi connectivity index (χ3n) is 2.10. The predicted molar refractivity (Wildman–Crippen MR) is 64.6 cm³/mol. The number of benzene rings is 1. The van der Waals surface area contributed by atoms with E-state index in [1.807, 2.05) is 19.1 Å². The molecule has 0 bridgehead atoms. The molecular formula is C11H16BrNO2. The van der Waals surface area contributed by atoms with Crippen molar-refractivity contribution in [2.24, 2.45) is 5.73 Å². The SMILES string of the molecule is COc1cc(C[C@H](C)N)c(OC)cc1Br. The smallest absolute Gasteiger partial charge is 0.133 e. The lowest BCUT2D eigenvalue weighted by Gasteiger charge is -2.13. The number of methoxy groups -OCH3 is 2. The molecule has 0 saturated heterocycles. The van der Waals surface area contributed by atoms with Gasteiger partial charge in [-0.05, 0) is 47.0 Å². The van der Waals surface area contributed by atoms with Crippen molar-refractivity contribution in [1.29, 1.82) is 0 Å². The van der Waals surface area contributed by atoms with Gasteiger partial charge in [-0.15, -0.1) is 0 Å². The van der Waals surface area contributed by atoms with Gasteiger partial charge in [0.15, 0.2) is 0 Å². The first kappa shape index (κ1) is 12.3. The van der Waals surface area contributed by atoms with Crippen LogP contribution in [0, 0.1) is 0 Å². The van der Waals surface area contributed by atoms with Crippen molar-refractivity contribution in [1.82, 2.24) is 0 Å². The van der Waals surface area contributed by atoms with Crippen LogP contribution in [0.2, 0.25) is 0 Å². The number of rotatable bonds is 4. The van der Waals surface area contributed by atoms with Gasteiger partial charge in [-0.1, -0.05) is 0 Å². The number of hydrogen-bond acceptors (Lipinski definition) is 3. The molecule has 0 unspecified atom stereocenters. The standard InChI is InChI=1S/C11H16BrNO2/c1-7(13)4-8-5-11(15-3)9(12)6-10(8)14-2/h5-7H,4,13H2,1-3H3/t7-/m0/s1. The van der Waals surface area contributed by atoms with Crippen LogP contribution >= 0.6 is 15.9 Å². The van der Waals surface area contributed by atoms with Crippen LogP contribution in [0.15, 0.2) is 16.6 Å². The van der Waals surface area contributed by atoms with Crippen LogP contribution in [-0.2, 0) is 6.42 Å². The second-order valence-electron chi connectivity index (χ2n) is 3.48. The van der Waals surface area contributed by atoms with E-state index in [1.54, 1.807) is 14.2 Å². The van der Waals surface area contributed by atoms with Crippen molar-refractivity contribution < 1.29 is 9.47 Å². The molecule has 0 aliphatic heterocycles. The van der Waals surface area contributed by atoms with Crippen LogP contribution in [0.5, 0.6) is 11.5 Å². The highest BCUT2D eigenvalue weighted by Crippen LogP contribution is 2.33. The van der Waals surface area contributed by atoms with Crippen molar-refractivity contribution in [2.45, 2.75) is 19.4 Å². The summed E-state index contributed by atoms with van der Waals surface area (Å²) in [7, 11) is 3.29. The van der Waals surface area contributed by atoms with E-state index in [-0.39, 0.29) is 6.04 Å². The van der Waals surface area contributed by atoms with E-state index in [9.17, 15) is 0 Å². The Balaban J connectivity index is 3.10. The number of halogens is 1. The molecule has 0 aromatic heterocycles. The summed E-state index contributed by atoms with van der Waals surface area (Å²) in [5.41, 5.74) is 6.83. The van der Waals surface area contributed by atoms with Crippen molar-refractivity contribution in [3.05, 3.63) is 22.2 Å². The van der Waals surface area contributed by atoms with Gasteiger partial charge in [0.05, 0.1) is 18.7 Å². The molecule has 1 atom stereocenters. The average Bonchev–Trinajstić information content (AvgIpc) is 2.19. The van der Waals surface area contributed by atoms with Gasteiger partial charge in [0.2, 0.25) is 0 Å². The number of nitrogens with two attached hydrogens (primary N) is 1. The van der Waals surface area contributed by atoms with Crippen molar-refractivity contribution in [2.75, 3.05) is 14.2 Å². The molecule has 1 aromatic rings. The highest BCUT2D eigenvalue weighted by atomic mass is 79.9. The molecule has 0 saturated carbocycles. The van der Waals surface area contributed by atoms with Crippen LogP contribution in [-0.4, -0.2) is 20.3 Å². The Labute approximate surface area is 98.7 Å². The molecule has 1 rings (SSSR count). The normalized spacial score (nSPS) is 12.3. The van der Waals surface area contributed by atoms with E-state index in [1.165, 1.54) is 0 Å². The van der Waals surface area contributed by atoms with Crippen LogP contribution in [0.1, 0.15) is 12.5 Å². The van der Waals surface area contributed by atoms with Gasteiger partial charge >= 0.3 is 0 Å². The van der Waals surface area contributed by atoms with E-state index in [4.69, 9.17) is 15.2 Å². The Hall–Kier alpha value is -0.740. The lowest BCUT2D eigenvalue weighted by Crippen LogP contribution is -2.18. The monoisotopic (exact) mass is 273 g/mol. The zero-order chi connectivity index (χ0) is 11.4. The Bertz CT molecular complexity index is 340. The molecule has 0 heterocycles. The Morgan fingerprint density at radius 3 is 2.33 bits per heavy atom. The minimum absolute atomic E-state index is 0.102. The zero-order valence-corrected chi connectivity index (χ0v) is 10.8. The fraction of sp³-hybridized carbons (Fsp3) is 0.455. The van der Waals surface area contributed by atoms with Gasteiger partial charge in [-0.2, -0.15) is 0 Å². The van der Waals surface area contributed by atoms with Crippen LogP contribution in [0.4, 0.5) is 0 Å². The fourth-order valence-corrected chi connectivity index (χ4v) is 1.91. The molecular weight excluding hydrogens is 258 g/mol. The molecule has 0 fully saturated rings. The molecule has 0 radical (unpaired) electrons. The first-order valence-corrected chi connectivity index (χ1v) is 5.53. The van der Waals surface area contributed by atoms with Crippen LogP contribution in [0.25, 0.3) is 0 Å². The predicted octanol–water partition coefficient (Wildman–Crippen LogP) is 2.36. The lowest BCUT2D eigenvalue weighted by atomic mass is 10.1. The summed E-state index contributed by atoms with van der Waals surface area (Å²) in [6.07, 6.45) is 0.771. The van der Waals surface area contributed by atoms with E-state index in [2.05, 4.69) is 15.9 Å². The Kier molecular flexibility index (Phi) is 4.42. The number of ether oxygens (including phenoxy) is 2. The van der Waals surface area contributed by atoms with Gasteiger partial charge in [0.1, 0.15) is 11.5 Å². The first-order valence-electron chi connectivity index (χ1n) is 4.74. The second kappa shape index (κ2) is 5.37. The third kappa shape index (κ3) is 3.11. The Morgan fingerprint density at radius 1 is 1.27 bits per heavy atom. The minimum atomic E-state index is 0.102. The van der Waals surface area contributed by atoms with Crippen molar-refractivity contribution >= 4 is 15.9 Å². The van der Waals surface area contributed by atoms with Crippen LogP contribution in [0.3, 0.4) is 0 Å². The second-order valence-corrected chi connectivity index (χ2v) is 4.33. The van der Waals surface area contributed by atoms with Gasteiger partial charge in [-0.3, -0.25) is 0 Å². The molecule has 1 aromatic carbocycles. The van der Waals surface area contributed by atoms with Gasteiger partial charge in [0, 0.05) is 6.04 Å². The quantitative estimate of drug-likeness (QED) is 0.916. The maximum atomic E-state index is 5.77. The molecule has 0 amide bonds. The molecule has 84 valence electrons. The lowest BCUT2D eigenvalue weighted by molar-refractivity contribution is 0.395. The van der Waals surface area contributed by atoms with Gasteiger partial charge in [-0.25, -0.2) is 0 Å². The molecule has 0 aliphatic rings. The highest BCUT2D eigenvalue weighted by molar-refractivity contribution is 9.10. The fourth-order valence-electron chi connectivity index (χ4n) is 1.43. The zero-order valence-electron chi connectivity index (χ0n) is 9.21. The summed E-state index contributed by atoms with van der Waals surface area (Å²) in [6.45, 7) is 1.97. The molecule has 3 nitrogen and oxygen atoms in total. The molecule has 0 aliphatic carbocycles. The highest BCUT2D eigenvalue weighted by Gasteiger charge is 2.10. The maximum absolute atomic E-state index is 5.77. The van der Waals surface area contributed by atoms with Gasteiger partial charge in [0.25, 0.3) is 0 Å². The van der Waals surface area contributed by atoms with Crippen molar-refractivity contribution in [3.8, 4) is 11.5 Å². The van der Waals surface area contributed by atoms with E-state index in [0.717, 1.165) is 28.0 Å². The van der Waals surface area contributed by atoms with E-state index in [0.29, 0.717) is 0 Å². The molecule has 0 spiro atoms. The molecule has 2 N–H and O–H groups in total. The molecule has 4 heteroatoms. The minimum Gasteiger partial charge on any atom is -0.496 e. The third-order valence-corrected chi connectivity index (χ3v) is 2.72. The van der Waals surface area contributed by atoms with E-state index < -0.39 is 0 Å². The Morgan fingerprint density at radius 2 is 1.87 bits per heavy atom. The summed E-state index contributed by atoms with van der Waals surface area (Å²) in [6, 6.07) is 3.95. The first-order chi connectivity index (χ1) is 7.08. The summed E-state index contributed by atoms with van der Waals surface area (Å²) in [5, 5.41) is 0. The van der Waals surface area contributed by atoms with E-state index >= 15 is 0 Å². The largest absolute Gasteiger partial charge is 0.496 e. The average molecular weight is 274 g/mol. The topological polar surface area (TPSA) is 44.5 Å².